The fourth-order valence-electron chi connectivity index (χ4n) is 5.11. The average Bonchev–Trinajstić information content (AvgIpc) is 2.88. The molecule has 36 heavy (non-hydrogen) atoms. The lowest BCUT2D eigenvalue weighted by atomic mass is 9.75. The summed E-state index contributed by atoms with van der Waals surface area (Å²) in [6, 6.07) is 22.7. The number of phenols is 4. The van der Waals surface area contributed by atoms with Gasteiger partial charge in [-0.05, 0) is 65.2 Å². The van der Waals surface area contributed by atoms with Crippen molar-refractivity contribution < 1.29 is 29.9 Å². The smallest absolute Gasteiger partial charge is 0.130 e. The van der Waals surface area contributed by atoms with Gasteiger partial charge in [0.15, 0.2) is 0 Å². The molecule has 0 fully saturated rings. The van der Waals surface area contributed by atoms with Gasteiger partial charge in [-0.25, -0.2) is 0 Å². The molecule has 0 bridgehead atoms. The van der Waals surface area contributed by atoms with Crippen LogP contribution in [0.4, 0.5) is 0 Å². The lowest BCUT2D eigenvalue weighted by molar-refractivity contribution is 0.246. The highest BCUT2D eigenvalue weighted by molar-refractivity contribution is 5.86. The molecule has 2 unspecified atom stereocenters. The van der Waals surface area contributed by atoms with E-state index in [1.165, 1.54) is 0 Å². The van der Waals surface area contributed by atoms with Crippen LogP contribution in [0.2, 0.25) is 0 Å². The standard InChI is InChI=1S/C30H24O6/c31-21-5-1-17(2-6-21)26-16-36-29-14-23(33)8-9-24(29)30(26)25-12-18(4-10-27(25)34)20-11-19-3-7-22(32)13-28(19)35-15-20/h1-14,26,30-34H,15-16H2. The lowest BCUT2D eigenvalue weighted by Gasteiger charge is -2.35. The highest BCUT2D eigenvalue weighted by Crippen LogP contribution is 2.49. The van der Waals surface area contributed by atoms with Crippen LogP contribution in [0, 0.1) is 0 Å². The Morgan fingerprint density at radius 2 is 1.36 bits per heavy atom. The van der Waals surface area contributed by atoms with Gasteiger partial charge in [0, 0.05) is 40.7 Å². The molecule has 180 valence electrons. The second kappa shape index (κ2) is 8.57. The molecule has 0 aromatic heterocycles. The second-order valence-electron chi connectivity index (χ2n) is 9.16. The van der Waals surface area contributed by atoms with Gasteiger partial charge in [0.1, 0.15) is 41.1 Å². The Morgan fingerprint density at radius 1 is 0.639 bits per heavy atom. The predicted octanol–water partition coefficient (Wildman–Crippen LogP) is 5.75. The first-order chi connectivity index (χ1) is 17.5. The van der Waals surface area contributed by atoms with Gasteiger partial charge in [-0.2, -0.15) is 0 Å². The van der Waals surface area contributed by atoms with Crippen molar-refractivity contribution in [3.05, 3.63) is 107 Å². The third-order valence-electron chi connectivity index (χ3n) is 6.92. The van der Waals surface area contributed by atoms with Gasteiger partial charge in [0.25, 0.3) is 0 Å². The summed E-state index contributed by atoms with van der Waals surface area (Å²) in [7, 11) is 0. The van der Waals surface area contributed by atoms with Crippen molar-refractivity contribution in [3.8, 4) is 34.5 Å². The molecule has 4 N–H and O–H groups in total. The van der Waals surface area contributed by atoms with E-state index in [4.69, 9.17) is 9.47 Å². The quantitative estimate of drug-likeness (QED) is 0.298. The normalized spacial score (nSPS) is 18.3. The van der Waals surface area contributed by atoms with E-state index in [0.717, 1.165) is 33.4 Å². The van der Waals surface area contributed by atoms with Crippen LogP contribution in [0.5, 0.6) is 34.5 Å². The van der Waals surface area contributed by atoms with E-state index in [1.54, 1.807) is 42.5 Å². The first kappa shape index (κ1) is 21.9. The Bertz CT molecular complexity index is 1490. The Hall–Kier alpha value is -4.58. The number of phenolic OH excluding ortho intramolecular Hbond substituents is 4. The number of hydrogen-bond donors (Lipinski definition) is 4. The van der Waals surface area contributed by atoms with Crippen LogP contribution in [-0.4, -0.2) is 33.6 Å². The van der Waals surface area contributed by atoms with Crippen LogP contribution in [0.1, 0.15) is 39.7 Å². The van der Waals surface area contributed by atoms with Crippen LogP contribution in [0.3, 0.4) is 0 Å². The van der Waals surface area contributed by atoms with Crippen LogP contribution in [0.15, 0.2) is 78.9 Å². The Labute approximate surface area is 207 Å². The van der Waals surface area contributed by atoms with Crippen molar-refractivity contribution in [1.29, 1.82) is 0 Å². The molecule has 6 rings (SSSR count). The Morgan fingerprint density at radius 3 is 2.17 bits per heavy atom. The lowest BCUT2D eigenvalue weighted by Crippen LogP contribution is -2.25. The molecular formula is C30H24O6. The molecular weight excluding hydrogens is 456 g/mol. The van der Waals surface area contributed by atoms with E-state index in [-0.39, 0.29) is 34.8 Å². The van der Waals surface area contributed by atoms with Crippen LogP contribution < -0.4 is 9.47 Å². The maximum atomic E-state index is 11.1. The molecule has 6 heteroatoms. The summed E-state index contributed by atoms with van der Waals surface area (Å²) < 4.78 is 11.9. The van der Waals surface area contributed by atoms with Gasteiger partial charge in [0.2, 0.25) is 0 Å². The fourth-order valence-corrected chi connectivity index (χ4v) is 5.11. The summed E-state index contributed by atoms with van der Waals surface area (Å²) in [5.41, 5.74) is 5.30. The average molecular weight is 481 g/mol. The minimum Gasteiger partial charge on any atom is -0.508 e. The zero-order valence-corrected chi connectivity index (χ0v) is 19.3. The van der Waals surface area contributed by atoms with E-state index in [0.29, 0.717) is 24.7 Å². The molecule has 0 radical (unpaired) electrons. The topological polar surface area (TPSA) is 99.4 Å². The van der Waals surface area contributed by atoms with Gasteiger partial charge < -0.3 is 29.9 Å². The molecule has 6 nitrogen and oxygen atoms in total. The number of benzene rings is 4. The summed E-state index contributed by atoms with van der Waals surface area (Å²) in [6.07, 6.45) is 2.03. The molecule has 2 aliphatic heterocycles. The highest BCUT2D eigenvalue weighted by Gasteiger charge is 2.35. The first-order valence-corrected chi connectivity index (χ1v) is 11.7. The molecule has 4 aromatic carbocycles. The molecule has 0 amide bonds. The molecule has 4 aromatic rings. The van der Waals surface area contributed by atoms with Crippen LogP contribution in [-0.2, 0) is 0 Å². The van der Waals surface area contributed by atoms with Crippen molar-refractivity contribution >= 4 is 11.6 Å². The number of rotatable bonds is 3. The summed E-state index contributed by atoms with van der Waals surface area (Å²) in [5, 5.41) is 40.6. The van der Waals surface area contributed by atoms with Crippen molar-refractivity contribution in [3.63, 3.8) is 0 Å². The van der Waals surface area contributed by atoms with Gasteiger partial charge in [-0.1, -0.05) is 24.3 Å². The third kappa shape index (κ3) is 3.86. The molecule has 0 saturated carbocycles. The summed E-state index contributed by atoms with van der Waals surface area (Å²) in [6.45, 7) is 0.679. The van der Waals surface area contributed by atoms with Gasteiger partial charge >= 0.3 is 0 Å². The first-order valence-electron chi connectivity index (χ1n) is 11.7. The number of fused-ring (bicyclic) bond motifs is 2. The van der Waals surface area contributed by atoms with E-state index >= 15 is 0 Å². The van der Waals surface area contributed by atoms with E-state index in [1.807, 2.05) is 42.5 Å². The minimum atomic E-state index is -0.256. The molecule has 0 aliphatic carbocycles. The Balaban J connectivity index is 1.47. The number of aromatic hydroxyl groups is 4. The predicted molar refractivity (Wildman–Crippen MR) is 136 cm³/mol. The van der Waals surface area contributed by atoms with Crippen molar-refractivity contribution in [2.24, 2.45) is 0 Å². The van der Waals surface area contributed by atoms with E-state index in [2.05, 4.69) is 0 Å². The maximum Gasteiger partial charge on any atom is 0.130 e. The molecule has 2 aliphatic rings. The molecule has 2 heterocycles. The number of hydrogen-bond acceptors (Lipinski definition) is 6. The van der Waals surface area contributed by atoms with Crippen molar-refractivity contribution in [1.82, 2.24) is 0 Å². The monoisotopic (exact) mass is 480 g/mol. The number of ether oxygens (including phenoxy) is 2. The Kier molecular flexibility index (Phi) is 5.22. The van der Waals surface area contributed by atoms with Crippen molar-refractivity contribution in [2.45, 2.75) is 11.8 Å². The fraction of sp³-hybridized carbons (Fsp3) is 0.133. The SMILES string of the molecule is Oc1ccc(C2COc3cc(O)ccc3C2c2cc(C3=Cc4ccc(O)cc4OC3)ccc2O)cc1. The maximum absolute atomic E-state index is 11.1. The zero-order chi connectivity index (χ0) is 24.8. The molecule has 0 saturated heterocycles. The van der Waals surface area contributed by atoms with E-state index < -0.39 is 0 Å². The van der Waals surface area contributed by atoms with Crippen LogP contribution in [0.25, 0.3) is 11.6 Å². The summed E-state index contributed by atoms with van der Waals surface area (Å²) in [4.78, 5) is 0. The van der Waals surface area contributed by atoms with Gasteiger partial charge in [0.05, 0.1) is 6.61 Å². The largest absolute Gasteiger partial charge is 0.508 e. The third-order valence-corrected chi connectivity index (χ3v) is 6.92. The summed E-state index contributed by atoms with van der Waals surface area (Å²) in [5.74, 6) is 1.43. The highest BCUT2D eigenvalue weighted by atomic mass is 16.5. The molecule has 2 atom stereocenters. The van der Waals surface area contributed by atoms with Crippen LogP contribution >= 0.6 is 0 Å². The van der Waals surface area contributed by atoms with Crippen molar-refractivity contribution in [2.75, 3.05) is 13.2 Å². The summed E-state index contributed by atoms with van der Waals surface area (Å²) >= 11 is 0. The van der Waals surface area contributed by atoms with Gasteiger partial charge in [-0.3, -0.25) is 0 Å². The van der Waals surface area contributed by atoms with Gasteiger partial charge in [-0.15, -0.1) is 0 Å². The minimum absolute atomic E-state index is 0.114. The molecule has 0 spiro atoms. The second-order valence-corrected chi connectivity index (χ2v) is 9.16. The van der Waals surface area contributed by atoms with E-state index in [9.17, 15) is 20.4 Å². The zero-order valence-electron chi connectivity index (χ0n) is 19.3.